The number of anilines is 1. The van der Waals surface area contributed by atoms with Crippen molar-refractivity contribution in [2.75, 3.05) is 5.32 Å². The van der Waals surface area contributed by atoms with Crippen LogP contribution in [0.1, 0.15) is 13.8 Å². The van der Waals surface area contributed by atoms with Crippen LogP contribution in [0.15, 0.2) is 54.2 Å². The second-order valence-corrected chi connectivity index (χ2v) is 6.99. The molecule has 1 saturated heterocycles. The largest absolute Gasteiger partial charge is 0.419 e. The SMILES string of the molecule is CC1(C)OC(=O)C(=CNc2ccc(-c3cc(Cl)cc(Cl)c3)cc2)C(=O)O1. The van der Waals surface area contributed by atoms with Crippen molar-refractivity contribution in [1.82, 2.24) is 0 Å². The molecule has 7 heteroatoms. The van der Waals surface area contributed by atoms with E-state index in [9.17, 15) is 9.59 Å². The van der Waals surface area contributed by atoms with E-state index < -0.39 is 17.7 Å². The highest BCUT2D eigenvalue weighted by atomic mass is 35.5. The molecule has 5 nitrogen and oxygen atoms in total. The number of carbonyl (C=O) groups is 2. The minimum absolute atomic E-state index is 0.199. The second kappa shape index (κ2) is 7.02. The van der Waals surface area contributed by atoms with Crippen LogP contribution in [-0.4, -0.2) is 17.7 Å². The maximum Gasteiger partial charge on any atom is 0.350 e. The average Bonchev–Trinajstić information content (AvgIpc) is 2.52. The number of cyclic esters (lactones) is 2. The van der Waals surface area contributed by atoms with Crippen molar-refractivity contribution in [2.24, 2.45) is 0 Å². The molecule has 0 radical (unpaired) electrons. The van der Waals surface area contributed by atoms with Gasteiger partial charge in [-0.2, -0.15) is 0 Å². The molecular formula is C19H15Cl2NO4. The lowest BCUT2D eigenvalue weighted by atomic mass is 10.1. The summed E-state index contributed by atoms with van der Waals surface area (Å²) in [6.45, 7) is 2.99. The predicted molar refractivity (Wildman–Crippen MR) is 99.9 cm³/mol. The van der Waals surface area contributed by atoms with Gasteiger partial charge in [0.05, 0.1) is 0 Å². The summed E-state index contributed by atoms with van der Waals surface area (Å²) in [5.41, 5.74) is 2.29. The predicted octanol–water partition coefficient (Wildman–Crippen LogP) is 4.79. The van der Waals surface area contributed by atoms with Gasteiger partial charge >= 0.3 is 11.9 Å². The summed E-state index contributed by atoms with van der Waals surface area (Å²) in [7, 11) is 0. The molecule has 2 aromatic carbocycles. The Morgan fingerprint density at radius 2 is 1.42 bits per heavy atom. The van der Waals surface area contributed by atoms with Crippen LogP contribution < -0.4 is 5.32 Å². The quantitative estimate of drug-likeness (QED) is 0.462. The third-order valence-corrected chi connectivity index (χ3v) is 4.02. The third kappa shape index (κ3) is 4.18. The number of ether oxygens (including phenoxy) is 2. The van der Waals surface area contributed by atoms with E-state index in [2.05, 4.69) is 5.32 Å². The van der Waals surface area contributed by atoms with Gasteiger partial charge in [-0.3, -0.25) is 0 Å². The summed E-state index contributed by atoms with van der Waals surface area (Å²) >= 11 is 12.0. The molecule has 0 saturated carbocycles. The van der Waals surface area contributed by atoms with Crippen LogP contribution in [0.4, 0.5) is 5.69 Å². The second-order valence-electron chi connectivity index (χ2n) is 6.12. The molecule has 1 aliphatic heterocycles. The molecule has 1 fully saturated rings. The Morgan fingerprint density at radius 1 is 0.885 bits per heavy atom. The fourth-order valence-electron chi connectivity index (χ4n) is 2.41. The first-order valence-corrected chi connectivity index (χ1v) is 8.49. The molecule has 0 aliphatic carbocycles. The first-order valence-electron chi connectivity index (χ1n) is 7.73. The zero-order valence-electron chi connectivity index (χ0n) is 14.0. The van der Waals surface area contributed by atoms with Crippen LogP contribution in [0.3, 0.4) is 0 Å². The van der Waals surface area contributed by atoms with Crippen LogP contribution in [-0.2, 0) is 19.1 Å². The lowest BCUT2D eigenvalue weighted by molar-refractivity contribution is -0.222. The summed E-state index contributed by atoms with van der Waals surface area (Å²) in [5.74, 6) is -2.72. The normalized spacial score (nSPS) is 15.9. The topological polar surface area (TPSA) is 64.6 Å². The van der Waals surface area contributed by atoms with E-state index in [-0.39, 0.29) is 5.57 Å². The number of esters is 2. The van der Waals surface area contributed by atoms with Gasteiger partial charge in [-0.05, 0) is 41.5 Å². The van der Waals surface area contributed by atoms with Crippen molar-refractivity contribution >= 4 is 40.8 Å². The van der Waals surface area contributed by atoms with Gasteiger partial charge in [0.15, 0.2) is 5.57 Å². The molecule has 134 valence electrons. The van der Waals surface area contributed by atoms with Crippen molar-refractivity contribution in [3.8, 4) is 11.1 Å². The van der Waals surface area contributed by atoms with Crippen LogP contribution >= 0.6 is 23.2 Å². The standard InChI is InChI=1S/C19H15Cl2NO4/c1-19(2)25-17(23)16(18(24)26-19)10-22-15-5-3-11(4-6-15)12-7-13(20)9-14(21)8-12/h3-10,22H,1-2H3. The van der Waals surface area contributed by atoms with Gasteiger partial charge in [0.1, 0.15) is 0 Å². The molecule has 2 aromatic rings. The zero-order chi connectivity index (χ0) is 18.9. The van der Waals surface area contributed by atoms with Crippen LogP contribution in [0, 0.1) is 0 Å². The van der Waals surface area contributed by atoms with E-state index in [1.54, 1.807) is 18.2 Å². The Kier molecular flexibility index (Phi) is 4.94. The Hall–Kier alpha value is -2.50. The van der Waals surface area contributed by atoms with Gasteiger partial charge in [0.2, 0.25) is 0 Å². The molecule has 0 spiro atoms. The molecule has 0 unspecified atom stereocenters. The number of hydrogen-bond donors (Lipinski definition) is 1. The summed E-state index contributed by atoms with van der Waals surface area (Å²) in [6.07, 6.45) is 1.27. The molecule has 1 heterocycles. The molecule has 0 bridgehead atoms. The average molecular weight is 392 g/mol. The Labute approximate surface area is 160 Å². The maximum atomic E-state index is 11.9. The van der Waals surface area contributed by atoms with Crippen LogP contribution in [0.25, 0.3) is 11.1 Å². The van der Waals surface area contributed by atoms with Gasteiger partial charge in [-0.1, -0.05) is 35.3 Å². The smallest absolute Gasteiger partial charge is 0.350 e. The fraction of sp³-hybridized carbons (Fsp3) is 0.158. The van der Waals surface area contributed by atoms with Crippen LogP contribution in [0.5, 0.6) is 0 Å². The van der Waals surface area contributed by atoms with Gasteiger partial charge in [-0.15, -0.1) is 0 Å². The number of hydrogen-bond acceptors (Lipinski definition) is 5. The number of rotatable bonds is 3. The highest BCUT2D eigenvalue weighted by Crippen LogP contribution is 2.28. The maximum absolute atomic E-state index is 11.9. The van der Waals surface area contributed by atoms with E-state index in [1.807, 2.05) is 24.3 Å². The van der Waals surface area contributed by atoms with E-state index >= 15 is 0 Å². The van der Waals surface area contributed by atoms with Crippen LogP contribution in [0.2, 0.25) is 10.0 Å². The molecule has 1 aliphatic rings. The summed E-state index contributed by atoms with van der Waals surface area (Å²) in [4.78, 5) is 23.8. The number of nitrogens with one attached hydrogen (secondary N) is 1. The van der Waals surface area contributed by atoms with Crippen molar-refractivity contribution in [1.29, 1.82) is 0 Å². The minimum Gasteiger partial charge on any atom is -0.419 e. The Balaban J connectivity index is 1.76. The van der Waals surface area contributed by atoms with E-state index in [1.165, 1.54) is 20.0 Å². The van der Waals surface area contributed by atoms with Gasteiger partial charge in [-0.25, -0.2) is 9.59 Å². The zero-order valence-corrected chi connectivity index (χ0v) is 15.5. The Bertz CT molecular complexity index is 862. The highest BCUT2D eigenvalue weighted by molar-refractivity contribution is 6.35. The first kappa shape index (κ1) is 18.3. The Morgan fingerprint density at radius 3 is 1.96 bits per heavy atom. The molecular weight excluding hydrogens is 377 g/mol. The number of carbonyl (C=O) groups excluding carboxylic acids is 2. The molecule has 3 rings (SSSR count). The van der Waals surface area contributed by atoms with Crippen molar-refractivity contribution < 1.29 is 19.1 Å². The molecule has 26 heavy (non-hydrogen) atoms. The lowest BCUT2D eigenvalue weighted by Gasteiger charge is -2.29. The summed E-state index contributed by atoms with van der Waals surface area (Å²) < 4.78 is 10.1. The van der Waals surface area contributed by atoms with E-state index in [0.29, 0.717) is 15.7 Å². The summed E-state index contributed by atoms with van der Waals surface area (Å²) in [5, 5.41) is 3.99. The minimum atomic E-state index is -1.26. The van der Waals surface area contributed by atoms with Crippen molar-refractivity contribution in [3.05, 3.63) is 64.3 Å². The third-order valence-electron chi connectivity index (χ3n) is 3.58. The lowest BCUT2D eigenvalue weighted by Crippen LogP contribution is -2.42. The molecule has 1 N–H and O–H groups in total. The van der Waals surface area contributed by atoms with E-state index in [4.69, 9.17) is 32.7 Å². The molecule has 0 atom stereocenters. The monoisotopic (exact) mass is 391 g/mol. The summed E-state index contributed by atoms with van der Waals surface area (Å²) in [6, 6.07) is 12.6. The first-order chi connectivity index (χ1) is 12.2. The van der Waals surface area contributed by atoms with E-state index in [0.717, 1.165) is 11.1 Å². The van der Waals surface area contributed by atoms with Crippen molar-refractivity contribution in [2.45, 2.75) is 19.6 Å². The number of benzene rings is 2. The molecule has 0 aromatic heterocycles. The number of halogens is 2. The highest BCUT2D eigenvalue weighted by Gasteiger charge is 2.38. The fourth-order valence-corrected chi connectivity index (χ4v) is 2.94. The van der Waals surface area contributed by atoms with Gasteiger partial charge < -0.3 is 14.8 Å². The van der Waals surface area contributed by atoms with Crippen molar-refractivity contribution in [3.63, 3.8) is 0 Å². The van der Waals surface area contributed by atoms with Gasteiger partial charge in [0.25, 0.3) is 5.79 Å². The molecule has 0 amide bonds. The van der Waals surface area contributed by atoms with Gasteiger partial charge in [0, 0.05) is 35.8 Å².